The van der Waals surface area contributed by atoms with Crippen molar-refractivity contribution in [3.05, 3.63) is 30.1 Å². The molecule has 0 amide bonds. The Labute approximate surface area is 65.3 Å². The van der Waals surface area contributed by atoms with Crippen molar-refractivity contribution in [1.82, 2.24) is 4.98 Å². The van der Waals surface area contributed by atoms with Crippen LogP contribution in [0.15, 0.2) is 24.4 Å². The molecule has 0 spiro atoms. The van der Waals surface area contributed by atoms with Gasteiger partial charge in [0.1, 0.15) is 0 Å². The third kappa shape index (κ3) is 2.00. The summed E-state index contributed by atoms with van der Waals surface area (Å²) in [5.74, 6) is -0.240. The summed E-state index contributed by atoms with van der Waals surface area (Å²) in [6.07, 6.45) is 1.65. The van der Waals surface area contributed by atoms with E-state index in [2.05, 4.69) is 4.98 Å². The van der Waals surface area contributed by atoms with E-state index in [0.29, 0.717) is 0 Å². The molecular formula is C8H11NO2. The molecule has 1 rings (SSSR count). The molecule has 0 saturated carbocycles. The van der Waals surface area contributed by atoms with Crippen LogP contribution in [0.3, 0.4) is 0 Å². The minimum Gasteiger partial charge on any atom is -0.396 e. The molecule has 0 atom stereocenters. The van der Waals surface area contributed by atoms with Crippen LogP contribution < -0.4 is 0 Å². The highest BCUT2D eigenvalue weighted by Crippen LogP contribution is 2.09. The largest absolute Gasteiger partial charge is 0.396 e. The van der Waals surface area contributed by atoms with Gasteiger partial charge < -0.3 is 10.2 Å². The third-order valence-electron chi connectivity index (χ3n) is 1.55. The van der Waals surface area contributed by atoms with Crippen molar-refractivity contribution >= 4 is 0 Å². The predicted octanol–water partition coefficient (Wildman–Crippen LogP) is 0.150. The van der Waals surface area contributed by atoms with Gasteiger partial charge >= 0.3 is 0 Å². The summed E-state index contributed by atoms with van der Waals surface area (Å²) in [5, 5.41) is 17.6. The van der Waals surface area contributed by atoms with Crippen molar-refractivity contribution in [1.29, 1.82) is 0 Å². The second-order valence-electron chi connectivity index (χ2n) is 2.32. The fourth-order valence-corrected chi connectivity index (χ4v) is 0.862. The van der Waals surface area contributed by atoms with Crippen molar-refractivity contribution in [3.63, 3.8) is 0 Å². The van der Waals surface area contributed by atoms with E-state index in [1.807, 2.05) is 6.07 Å². The molecule has 0 aliphatic rings. The van der Waals surface area contributed by atoms with Crippen LogP contribution in [0.25, 0.3) is 0 Å². The van der Waals surface area contributed by atoms with Gasteiger partial charge in [-0.3, -0.25) is 4.98 Å². The minimum atomic E-state index is -0.240. The summed E-state index contributed by atoms with van der Waals surface area (Å²) in [6.45, 7) is -0.124. The van der Waals surface area contributed by atoms with Gasteiger partial charge in [-0.05, 0) is 12.1 Å². The Hall–Kier alpha value is -0.930. The van der Waals surface area contributed by atoms with Gasteiger partial charge in [0.15, 0.2) is 0 Å². The molecule has 1 aromatic rings. The monoisotopic (exact) mass is 153 g/mol. The van der Waals surface area contributed by atoms with Gasteiger partial charge in [-0.1, -0.05) is 6.07 Å². The second kappa shape index (κ2) is 4.05. The van der Waals surface area contributed by atoms with Crippen LogP contribution >= 0.6 is 0 Å². The number of hydrogen-bond donors (Lipinski definition) is 2. The lowest BCUT2D eigenvalue weighted by Crippen LogP contribution is -2.09. The first-order valence-electron chi connectivity index (χ1n) is 3.51. The first-order valence-corrected chi connectivity index (χ1v) is 3.51. The van der Waals surface area contributed by atoms with Gasteiger partial charge in [0.05, 0.1) is 13.2 Å². The Balaban J connectivity index is 2.74. The maximum absolute atomic E-state index is 8.78. The third-order valence-corrected chi connectivity index (χ3v) is 1.55. The molecule has 0 aliphatic heterocycles. The zero-order valence-electron chi connectivity index (χ0n) is 6.14. The van der Waals surface area contributed by atoms with Gasteiger partial charge in [-0.2, -0.15) is 0 Å². The molecule has 0 saturated heterocycles. The Kier molecular flexibility index (Phi) is 3.01. The smallest absolute Gasteiger partial charge is 0.0537 e. The molecule has 0 radical (unpaired) electrons. The van der Waals surface area contributed by atoms with Crippen molar-refractivity contribution in [2.45, 2.75) is 5.92 Å². The standard InChI is InChI=1S/C8H11NO2/c10-5-7(6-11)8-3-1-2-4-9-8/h1-4,7,10-11H,5-6H2. The van der Waals surface area contributed by atoms with Gasteiger partial charge in [0.25, 0.3) is 0 Å². The van der Waals surface area contributed by atoms with Crippen LogP contribution in [0.4, 0.5) is 0 Å². The highest BCUT2D eigenvalue weighted by molar-refractivity contribution is 5.09. The molecule has 60 valence electrons. The molecule has 0 unspecified atom stereocenters. The summed E-state index contributed by atoms with van der Waals surface area (Å²) in [4.78, 5) is 4.00. The maximum atomic E-state index is 8.78. The predicted molar refractivity (Wildman–Crippen MR) is 41.1 cm³/mol. The van der Waals surface area contributed by atoms with Crippen molar-refractivity contribution < 1.29 is 10.2 Å². The molecule has 1 heterocycles. The molecule has 0 bridgehead atoms. The van der Waals surface area contributed by atoms with E-state index in [-0.39, 0.29) is 19.1 Å². The van der Waals surface area contributed by atoms with E-state index in [1.165, 1.54) is 0 Å². The first kappa shape index (κ1) is 8.17. The van der Waals surface area contributed by atoms with E-state index in [0.717, 1.165) is 5.69 Å². The quantitative estimate of drug-likeness (QED) is 0.650. The highest BCUT2D eigenvalue weighted by atomic mass is 16.3. The Bertz CT molecular complexity index is 197. The molecule has 0 aromatic carbocycles. The lowest BCUT2D eigenvalue weighted by atomic mass is 10.1. The van der Waals surface area contributed by atoms with Crippen molar-refractivity contribution in [2.24, 2.45) is 0 Å². The number of hydrogen-bond acceptors (Lipinski definition) is 3. The van der Waals surface area contributed by atoms with Gasteiger partial charge in [-0.25, -0.2) is 0 Å². The lowest BCUT2D eigenvalue weighted by Gasteiger charge is -2.08. The summed E-state index contributed by atoms with van der Waals surface area (Å²) in [5.41, 5.74) is 0.734. The number of rotatable bonds is 3. The lowest BCUT2D eigenvalue weighted by molar-refractivity contribution is 0.190. The van der Waals surface area contributed by atoms with Gasteiger partial charge in [-0.15, -0.1) is 0 Å². The van der Waals surface area contributed by atoms with Crippen LogP contribution in [0, 0.1) is 0 Å². The van der Waals surface area contributed by atoms with Crippen LogP contribution in [0.1, 0.15) is 11.6 Å². The summed E-state index contributed by atoms with van der Waals surface area (Å²) in [7, 11) is 0. The number of aliphatic hydroxyl groups excluding tert-OH is 2. The summed E-state index contributed by atoms with van der Waals surface area (Å²) < 4.78 is 0. The van der Waals surface area contributed by atoms with E-state index in [9.17, 15) is 0 Å². The minimum absolute atomic E-state index is 0.0620. The van der Waals surface area contributed by atoms with E-state index in [1.54, 1.807) is 18.3 Å². The van der Waals surface area contributed by atoms with Crippen molar-refractivity contribution in [3.8, 4) is 0 Å². The summed E-state index contributed by atoms with van der Waals surface area (Å²) >= 11 is 0. The fourth-order valence-electron chi connectivity index (χ4n) is 0.862. The van der Waals surface area contributed by atoms with Crippen LogP contribution in [0.5, 0.6) is 0 Å². The average Bonchev–Trinajstić information content (AvgIpc) is 2.09. The number of aromatic nitrogens is 1. The van der Waals surface area contributed by atoms with Crippen LogP contribution in [0.2, 0.25) is 0 Å². The van der Waals surface area contributed by atoms with Gasteiger partial charge in [0.2, 0.25) is 0 Å². The van der Waals surface area contributed by atoms with Crippen molar-refractivity contribution in [2.75, 3.05) is 13.2 Å². The molecule has 1 aromatic heterocycles. The zero-order valence-corrected chi connectivity index (χ0v) is 6.14. The van der Waals surface area contributed by atoms with Crippen LogP contribution in [-0.4, -0.2) is 28.4 Å². The Morgan fingerprint density at radius 2 is 2.00 bits per heavy atom. The molecule has 0 aliphatic carbocycles. The second-order valence-corrected chi connectivity index (χ2v) is 2.32. The zero-order chi connectivity index (χ0) is 8.10. The fraction of sp³-hybridized carbons (Fsp3) is 0.375. The first-order chi connectivity index (χ1) is 5.38. The van der Waals surface area contributed by atoms with E-state index < -0.39 is 0 Å². The topological polar surface area (TPSA) is 53.4 Å². The molecular weight excluding hydrogens is 142 g/mol. The Morgan fingerprint density at radius 3 is 2.45 bits per heavy atom. The molecule has 0 fully saturated rings. The SMILES string of the molecule is OCC(CO)c1ccccn1. The molecule has 2 N–H and O–H groups in total. The van der Waals surface area contributed by atoms with Gasteiger partial charge in [0, 0.05) is 17.8 Å². The Morgan fingerprint density at radius 1 is 1.27 bits per heavy atom. The summed E-state index contributed by atoms with van der Waals surface area (Å²) in [6, 6.07) is 5.42. The average molecular weight is 153 g/mol. The molecule has 3 heteroatoms. The van der Waals surface area contributed by atoms with E-state index in [4.69, 9.17) is 10.2 Å². The molecule has 3 nitrogen and oxygen atoms in total. The van der Waals surface area contributed by atoms with Crippen LogP contribution in [-0.2, 0) is 0 Å². The number of nitrogens with zero attached hydrogens (tertiary/aromatic N) is 1. The number of aliphatic hydroxyl groups is 2. The highest BCUT2D eigenvalue weighted by Gasteiger charge is 2.08. The van der Waals surface area contributed by atoms with E-state index >= 15 is 0 Å². The maximum Gasteiger partial charge on any atom is 0.0537 e. The molecule has 11 heavy (non-hydrogen) atoms. The normalized spacial score (nSPS) is 10.5. The number of pyridine rings is 1.